The van der Waals surface area contributed by atoms with E-state index in [1.807, 2.05) is 0 Å². The maximum atomic E-state index is 12.0. The molecule has 0 heterocycles. The zero-order valence-corrected chi connectivity index (χ0v) is 12.1. The van der Waals surface area contributed by atoms with Crippen LogP contribution < -0.4 is 9.47 Å². The van der Waals surface area contributed by atoms with Crippen LogP contribution in [0.25, 0.3) is 0 Å². The van der Waals surface area contributed by atoms with E-state index >= 15 is 0 Å². The molecule has 1 aromatic carbocycles. The average molecular weight is 283 g/mol. The molecule has 0 spiro atoms. The second-order valence-corrected chi connectivity index (χ2v) is 4.98. The molecule has 1 aromatic rings. The maximum Gasteiger partial charge on any atom is 0.342 e. The SMILES string of the molecule is COc1cc(OC)c([N+](=O)[O-])cc1C(=O)OC(C)(C)C. The summed E-state index contributed by atoms with van der Waals surface area (Å²) in [5, 5.41) is 11.0. The van der Waals surface area contributed by atoms with Crippen LogP contribution in [0, 0.1) is 10.1 Å². The highest BCUT2D eigenvalue weighted by Crippen LogP contribution is 2.35. The van der Waals surface area contributed by atoms with Crippen LogP contribution in [0.4, 0.5) is 5.69 Å². The quantitative estimate of drug-likeness (QED) is 0.479. The molecule has 7 nitrogen and oxygen atoms in total. The van der Waals surface area contributed by atoms with Crippen LogP contribution in [0.2, 0.25) is 0 Å². The van der Waals surface area contributed by atoms with Crippen molar-refractivity contribution in [1.29, 1.82) is 0 Å². The van der Waals surface area contributed by atoms with Crippen LogP contribution in [0.1, 0.15) is 31.1 Å². The summed E-state index contributed by atoms with van der Waals surface area (Å²) in [4.78, 5) is 22.4. The zero-order valence-electron chi connectivity index (χ0n) is 12.1. The van der Waals surface area contributed by atoms with E-state index in [1.165, 1.54) is 20.3 Å². The van der Waals surface area contributed by atoms with E-state index < -0.39 is 16.5 Å². The van der Waals surface area contributed by atoms with Crippen LogP contribution in [-0.4, -0.2) is 30.7 Å². The summed E-state index contributed by atoms with van der Waals surface area (Å²) >= 11 is 0. The summed E-state index contributed by atoms with van der Waals surface area (Å²) < 4.78 is 15.2. The summed E-state index contributed by atoms with van der Waals surface area (Å²) in [5.41, 5.74) is -1.05. The van der Waals surface area contributed by atoms with Crippen LogP contribution in [-0.2, 0) is 4.74 Å². The van der Waals surface area contributed by atoms with E-state index in [0.29, 0.717) is 0 Å². The van der Waals surface area contributed by atoms with E-state index in [4.69, 9.17) is 14.2 Å². The van der Waals surface area contributed by atoms with Gasteiger partial charge in [-0.3, -0.25) is 10.1 Å². The fourth-order valence-corrected chi connectivity index (χ4v) is 1.52. The van der Waals surface area contributed by atoms with Crippen molar-refractivity contribution in [3.8, 4) is 11.5 Å². The van der Waals surface area contributed by atoms with Crippen molar-refractivity contribution < 1.29 is 23.9 Å². The minimum atomic E-state index is -0.712. The fourth-order valence-electron chi connectivity index (χ4n) is 1.52. The number of carbonyl (C=O) groups is 1. The Morgan fingerprint density at radius 1 is 1.15 bits per heavy atom. The Morgan fingerprint density at radius 2 is 1.70 bits per heavy atom. The lowest BCUT2D eigenvalue weighted by Gasteiger charge is -2.20. The molecular formula is C13H17NO6. The lowest BCUT2D eigenvalue weighted by atomic mass is 10.1. The minimum Gasteiger partial charge on any atom is -0.496 e. The predicted octanol–water partition coefficient (Wildman–Crippen LogP) is 2.57. The number of esters is 1. The van der Waals surface area contributed by atoms with Gasteiger partial charge in [0.15, 0.2) is 0 Å². The number of ether oxygens (including phenoxy) is 3. The molecule has 20 heavy (non-hydrogen) atoms. The van der Waals surface area contributed by atoms with Gasteiger partial charge in [-0.1, -0.05) is 0 Å². The molecule has 0 saturated carbocycles. The molecule has 110 valence electrons. The van der Waals surface area contributed by atoms with Crippen LogP contribution in [0.3, 0.4) is 0 Å². The number of benzene rings is 1. The van der Waals surface area contributed by atoms with E-state index in [0.717, 1.165) is 6.07 Å². The number of methoxy groups -OCH3 is 2. The fraction of sp³-hybridized carbons (Fsp3) is 0.462. The minimum absolute atomic E-state index is 0.0131. The molecule has 0 aliphatic rings. The number of nitro groups is 1. The highest BCUT2D eigenvalue weighted by Gasteiger charge is 2.26. The maximum absolute atomic E-state index is 12.0. The number of hydrogen-bond acceptors (Lipinski definition) is 6. The van der Waals surface area contributed by atoms with Gasteiger partial charge in [0.05, 0.1) is 19.1 Å². The Kier molecular flexibility index (Phi) is 4.54. The highest BCUT2D eigenvalue weighted by atomic mass is 16.6. The number of nitrogens with zero attached hydrogens (tertiary/aromatic N) is 1. The number of hydrogen-bond donors (Lipinski definition) is 0. The van der Waals surface area contributed by atoms with Gasteiger partial charge in [0.25, 0.3) is 0 Å². The summed E-state index contributed by atoms with van der Waals surface area (Å²) in [5.74, 6) is -0.527. The first kappa shape index (κ1) is 15.7. The van der Waals surface area contributed by atoms with E-state index in [-0.39, 0.29) is 22.7 Å². The van der Waals surface area contributed by atoms with E-state index in [1.54, 1.807) is 20.8 Å². The molecule has 0 aliphatic carbocycles. The van der Waals surface area contributed by atoms with Crippen molar-refractivity contribution in [2.24, 2.45) is 0 Å². The molecule has 0 N–H and O–H groups in total. The molecule has 0 bridgehead atoms. The lowest BCUT2D eigenvalue weighted by Crippen LogP contribution is -2.24. The molecule has 0 radical (unpaired) electrons. The van der Waals surface area contributed by atoms with Crippen LogP contribution in [0.5, 0.6) is 11.5 Å². The normalized spacial score (nSPS) is 10.8. The van der Waals surface area contributed by atoms with Gasteiger partial charge in [-0.2, -0.15) is 0 Å². The molecule has 0 unspecified atom stereocenters. The zero-order chi connectivity index (χ0) is 15.5. The van der Waals surface area contributed by atoms with Gasteiger partial charge in [0.2, 0.25) is 5.75 Å². The Bertz CT molecular complexity index is 532. The Hall–Kier alpha value is -2.31. The summed E-state index contributed by atoms with van der Waals surface area (Å²) in [7, 11) is 2.66. The van der Waals surface area contributed by atoms with Crippen LogP contribution in [0.15, 0.2) is 12.1 Å². The van der Waals surface area contributed by atoms with Crippen LogP contribution >= 0.6 is 0 Å². The summed E-state index contributed by atoms with van der Waals surface area (Å²) in [6.07, 6.45) is 0. The third-order valence-corrected chi connectivity index (χ3v) is 2.32. The predicted molar refractivity (Wildman–Crippen MR) is 71.4 cm³/mol. The molecule has 1 rings (SSSR count). The van der Waals surface area contributed by atoms with Gasteiger partial charge in [0.1, 0.15) is 16.9 Å². The molecular weight excluding hydrogens is 266 g/mol. The van der Waals surface area contributed by atoms with Gasteiger partial charge in [-0.05, 0) is 20.8 Å². The third-order valence-electron chi connectivity index (χ3n) is 2.32. The van der Waals surface area contributed by atoms with Crippen molar-refractivity contribution in [1.82, 2.24) is 0 Å². The van der Waals surface area contributed by atoms with Gasteiger partial charge < -0.3 is 14.2 Å². The number of carbonyl (C=O) groups excluding carboxylic acids is 1. The Balaban J connectivity index is 3.34. The second-order valence-electron chi connectivity index (χ2n) is 4.98. The second kappa shape index (κ2) is 5.77. The molecule has 0 atom stereocenters. The highest BCUT2D eigenvalue weighted by molar-refractivity contribution is 5.94. The average Bonchev–Trinajstić information content (AvgIpc) is 2.34. The van der Waals surface area contributed by atoms with Crippen molar-refractivity contribution in [3.05, 3.63) is 27.8 Å². The topological polar surface area (TPSA) is 87.9 Å². The van der Waals surface area contributed by atoms with E-state index in [2.05, 4.69) is 0 Å². The van der Waals surface area contributed by atoms with Gasteiger partial charge in [-0.15, -0.1) is 0 Å². The van der Waals surface area contributed by atoms with Crippen molar-refractivity contribution in [2.75, 3.05) is 14.2 Å². The third kappa shape index (κ3) is 3.59. The molecule has 0 aliphatic heterocycles. The summed E-state index contributed by atoms with van der Waals surface area (Å²) in [6, 6.07) is 2.38. The first-order valence-electron chi connectivity index (χ1n) is 5.83. The first-order chi connectivity index (χ1) is 9.19. The van der Waals surface area contributed by atoms with Crippen molar-refractivity contribution >= 4 is 11.7 Å². The monoisotopic (exact) mass is 283 g/mol. The van der Waals surface area contributed by atoms with Crippen molar-refractivity contribution in [3.63, 3.8) is 0 Å². The van der Waals surface area contributed by atoms with Gasteiger partial charge >= 0.3 is 11.7 Å². The summed E-state index contributed by atoms with van der Waals surface area (Å²) in [6.45, 7) is 5.11. The standard InChI is InChI=1S/C13H17NO6/c1-13(2,3)20-12(15)8-6-9(14(16)17)11(19-5)7-10(8)18-4/h6-7H,1-5H3. The number of nitro benzene ring substituents is 1. The van der Waals surface area contributed by atoms with E-state index in [9.17, 15) is 14.9 Å². The van der Waals surface area contributed by atoms with Crippen molar-refractivity contribution in [2.45, 2.75) is 26.4 Å². The molecule has 0 aromatic heterocycles. The Labute approximate surface area is 116 Å². The number of rotatable bonds is 4. The Morgan fingerprint density at radius 3 is 2.10 bits per heavy atom. The smallest absolute Gasteiger partial charge is 0.342 e. The molecule has 0 amide bonds. The molecule has 0 fully saturated rings. The first-order valence-corrected chi connectivity index (χ1v) is 5.83. The van der Waals surface area contributed by atoms with Gasteiger partial charge in [-0.25, -0.2) is 4.79 Å². The lowest BCUT2D eigenvalue weighted by molar-refractivity contribution is -0.385. The largest absolute Gasteiger partial charge is 0.496 e. The molecule has 7 heteroatoms. The van der Waals surface area contributed by atoms with Gasteiger partial charge in [0, 0.05) is 12.1 Å². The molecule has 0 saturated heterocycles.